The van der Waals surface area contributed by atoms with Crippen molar-refractivity contribution < 1.29 is 0 Å². The minimum absolute atomic E-state index is 0.184. The molecule has 5 nitrogen and oxygen atoms in total. The van der Waals surface area contributed by atoms with Gasteiger partial charge in [0.05, 0.1) is 19.1 Å². The van der Waals surface area contributed by atoms with Crippen LogP contribution >= 0.6 is 0 Å². The van der Waals surface area contributed by atoms with E-state index in [0.29, 0.717) is 6.54 Å². The van der Waals surface area contributed by atoms with Crippen molar-refractivity contribution in [1.29, 1.82) is 0 Å². The number of aromatic nitrogens is 2. The zero-order chi connectivity index (χ0) is 18.9. The van der Waals surface area contributed by atoms with Gasteiger partial charge in [-0.25, -0.2) is 4.99 Å². The number of nitrogens with zero attached hydrogens (tertiary/aromatic N) is 3. The third kappa shape index (κ3) is 5.45. The summed E-state index contributed by atoms with van der Waals surface area (Å²) in [5, 5.41) is 11.1. The summed E-state index contributed by atoms with van der Waals surface area (Å²) in [6.07, 6.45) is 3.78. The van der Waals surface area contributed by atoms with Gasteiger partial charge in [-0.15, -0.1) is 0 Å². The first kappa shape index (κ1) is 18.7. The topological polar surface area (TPSA) is 54.2 Å². The summed E-state index contributed by atoms with van der Waals surface area (Å²) in [6, 6.07) is 20.9. The maximum atomic E-state index is 4.80. The number of hydrogen-bond donors (Lipinski definition) is 2. The van der Waals surface area contributed by atoms with Crippen LogP contribution in [0.15, 0.2) is 78.0 Å². The predicted octanol–water partition coefficient (Wildman–Crippen LogP) is 3.75. The summed E-state index contributed by atoms with van der Waals surface area (Å²) in [4.78, 5) is 4.80. The maximum Gasteiger partial charge on any atom is 0.192 e. The van der Waals surface area contributed by atoms with Crippen molar-refractivity contribution in [3.05, 3.63) is 89.7 Å². The highest BCUT2D eigenvalue weighted by atomic mass is 15.3. The number of benzene rings is 2. The second-order valence-corrected chi connectivity index (χ2v) is 6.44. The molecule has 1 unspecified atom stereocenters. The average molecular weight is 361 g/mol. The summed E-state index contributed by atoms with van der Waals surface area (Å²) in [7, 11) is 0. The Kier molecular flexibility index (Phi) is 6.63. The molecule has 0 aliphatic carbocycles. The summed E-state index contributed by atoms with van der Waals surface area (Å²) in [5.74, 6) is 0.822. The van der Waals surface area contributed by atoms with Gasteiger partial charge in [0.1, 0.15) is 0 Å². The Morgan fingerprint density at radius 2 is 1.78 bits per heavy atom. The highest BCUT2D eigenvalue weighted by Crippen LogP contribution is 2.13. The number of hydrogen-bond acceptors (Lipinski definition) is 2. The fourth-order valence-corrected chi connectivity index (χ4v) is 2.95. The van der Waals surface area contributed by atoms with Crippen molar-refractivity contribution in [3.8, 4) is 0 Å². The molecule has 0 aliphatic heterocycles. The van der Waals surface area contributed by atoms with Crippen LogP contribution in [0.5, 0.6) is 0 Å². The van der Waals surface area contributed by atoms with Gasteiger partial charge in [-0.3, -0.25) is 4.68 Å². The van der Waals surface area contributed by atoms with Crippen LogP contribution in [0, 0.1) is 0 Å². The van der Waals surface area contributed by atoms with Gasteiger partial charge in [0.25, 0.3) is 0 Å². The Hall–Kier alpha value is -3.08. The van der Waals surface area contributed by atoms with Crippen LogP contribution in [0.3, 0.4) is 0 Å². The maximum absolute atomic E-state index is 4.80. The molecule has 3 aromatic rings. The van der Waals surface area contributed by atoms with Gasteiger partial charge in [0.2, 0.25) is 0 Å². The second kappa shape index (κ2) is 9.57. The molecule has 3 rings (SSSR count). The first-order valence-corrected chi connectivity index (χ1v) is 9.40. The highest BCUT2D eigenvalue weighted by Gasteiger charge is 2.08. The normalized spacial score (nSPS) is 12.6. The van der Waals surface area contributed by atoms with Crippen molar-refractivity contribution in [2.24, 2.45) is 4.99 Å². The molecule has 1 heterocycles. The lowest BCUT2D eigenvalue weighted by Crippen LogP contribution is -2.38. The molecular weight excluding hydrogens is 334 g/mol. The number of guanidine groups is 1. The van der Waals surface area contributed by atoms with Gasteiger partial charge in [0, 0.05) is 18.9 Å². The third-order valence-electron chi connectivity index (χ3n) is 4.41. The van der Waals surface area contributed by atoms with Gasteiger partial charge < -0.3 is 10.6 Å². The van der Waals surface area contributed by atoms with Crippen LogP contribution in [-0.4, -0.2) is 22.3 Å². The quantitative estimate of drug-likeness (QED) is 0.498. The van der Waals surface area contributed by atoms with E-state index in [4.69, 9.17) is 4.99 Å². The minimum Gasteiger partial charge on any atom is -0.357 e. The number of nitrogens with one attached hydrogen (secondary N) is 2. The Labute approximate surface area is 161 Å². The van der Waals surface area contributed by atoms with Crippen molar-refractivity contribution >= 4 is 5.96 Å². The molecule has 5 heteroatoms. The average Bonchev–Trinajstić information content (AvgIpc) is 3.21. The Bertz CT molecular complexity index is 840. The van der Waals surface area contributed by atoms with Gasteiger partial charge >= 0.3 is 0 Å². The van der Waals surface area contributed by atoms with Crippen molar-refractivity contribution in [1.82, 2.24) is 20.4 Å². The Balaban J connectivity index is 1.71. The lowest BCUT2D eigenvalue weighted by Gasteiger charge is -2.18. The van der Waals surface area contributed by atoms with E-state index in [2.05, 4.69) is 78.1 Å². The van der Waals surface area contributed by atoms with Gasteiger partial charge in [-0.05, 0) is 36.6 Å². The van der Waals surface area contributed by atoms with Gasteiger partial charge in [-0.1, -0.05) is 54.6 Å². The lowest BCUT2D eigenvalue weighted by molar-refractivity contribution is 0.676. The summed E-state index contributed by atoms with van der Waals surface area (Å²) in [5.41, 5.74) is 3.68. The lowest BCUT2D eigenvalue weighted by atomic mass is 10.1. The standard InChI is InChI=1S/C22H27N5/c1-3-23-22(26-18(2)19-10-5-4-6-11-19)24-16-20-12-7-8-13-21(20)17-27-15-9-14-25-27/h4-15,18H,3,16-17H2,1-2H3,(H2,23,24,26). The molecule has 0 fully saturated rings. The monoisotopic (exact) mass is 361 g/mol. The minimum atomic E-state index is 0.184. The van der Waals surface area contributed by atoms with Crippen LogP contribution in [0.2, 0.25) is 0 Å². The summed E-state index contributed by atoms with van der Waals surface area (Å²) < 4.78 is 1.93. The van der Waals surface area contributed by atoms with Crippen LogP contribution < -0.4 is 10.6 Å². The van der Waals surface area contributed by atoms with Crippen molar-refractivity contribution in [3.63, 3.8) is 0 Å². The van der Waals surface area contributed by atoms with E-state index in [1.165, 1.54) is 16.7 Å². The molecule has 0 aliphatic rings. The molecule has 0 saturated carbocycles. The van der Waals surface area contributed by atoms with E-state index in [-0.39, 0.29) is 6.04 Å². The molecule has 140 valence electrons. The van der Waals surface area contributed by atoms with E-state index in [0.717, 1.165) is 19.0 Å². The van der Waals surface area contributed by atoms with E-state index in [1.54, 1.807) is 6.20 Å². The highest BCUT2D eigenvalue weighted by molar-refractivity contribution is 5.80. The largest absolute Gasteiger partial charge is 0.357 e. The fourth-order valence-electron chi connectivity index (χ4n) is 2.95. The molecule has 0 bridgehead atoms. The smallest absolute Gasteiger partial charge is 0.192 e. The SMILES string of the molecule is CCNC(=NCc1ccccc1Cn1cccn1)NC(C)c1ccccc1. The molecule has 0 spiro atoms. The molecule has 1 aromatic heterocycles. The first-order chi connectivity index (χ1) is 13.3. The molecule has 0 radical (unpaired) electrons. The molecule has 2 N–H and O–H groups in total. The molecule has 0 saturated heterocycles. The van der Waals surface area contributed by atoms with E-state index in [9.17, 15) is 0 Å². The third-order valence-corrected chi connectivity index (χ3v) is 4.41. The predicted molar refractivity (Wildman–Crippen MR) is 111 cm³/mol. The Morgan fingerprint density at radius 1 is 1.04 bits per heavy atom. The number of aliphatic imine (C=N–C) groups is 1. The van der Waals surface area contributed by atoms with Crippen LogP contribution in [-0.2, 0) is 13.1 Å². The van der Waals surface area contributed by atoms with Crippen LogP contribution in [0.1, 0.15) is 36.6 Å². The first-order valence-electron chi connectivity index (χ1n) is 9.40. The van der Waals surface area contributed by atoms with Crippen LogP contribution in [0.4, 0.5) is 0 Å². The second-order valence-electron chi connectivity index (χ2n) is 6.44. The zero-order valence-electron chi connectivity index (χ0n) is 16.0. The summed E-state index contributed by atoms with van der Waals surface area (Å²) >= 11 is 0. The van der Waals surface area contributed by atoms with Crippen molar-refractivity contribution in [2.75, 3.05) is 6.54 Å². The molecule has 0 amide bonds. The molecule has 27 heavy (non-hydrogen) atoms. The fraction of sp³-hybridized carbons (Fsp3) is 0.273. The van der Waals surface area contributed by atoms with Gasteiger partial charge in [-0.2, -0.15) is 5.10 Å². The summed E-state index contributed by atoms with van der Waals surface area (Å²) in [6.45, 7) is 6.42. The number of rotatable bonds is 7. The molecular formula is C22H27N5. The van der Waals surface area contributed by atoms with Crippen LogP contribution in [0.25, 0.3) is 0 Å². The molecule has 1 atom stereocenters. The van der Waals surface area contributed by atoms with Crippen molar-refractivity contribution in [2.45, 2.75) is 33.0 Å². The zero-order valence-corrected chi connectivity index (χ0v) is 16.0. The van der Waals surface area contributed by atoms with E-state index >= 15 is 0 Å². The van der Waals surface area contributed by atoms with E-state index in [1.807, 2.05) is 23.0 Å². The molecule has 2 aromatic carbocycles. The Morgan fingerprint density at radius 3 is 2.48 bits per heavy atom. The van der Waals surface area contributed by atoms with E-state index < -0.39 is 0 Å². The van der Waals surface area contributed by atoms with Gasteiger partial charge in [0.15, 0.2) is 5.96 Å².